The number of hydrogen-bond donors (Lipinski definition) is 1. The van der Waals surface area contributed by atoms with E-state index < -0.39 is 5.97 Å². The summed E-state index contributed by atoms with van der Waals surface area (Å²) < 4.78 is 0. The Bertz CT molecular complexity index is 398. The van der Waals surface area contributed by atoms with Gasteiger partial charge in [0.25, 0.3) is 0 Å². The molecule has 5 fully saturated rings. The number of nitrogens with zero attached hydrogens (tertiary/aromatic N) is 1. The molecule has 4 bridgehead atoms. The summed E-state index contributed by atoms with van der Waals surface area (Å²) in [5.74, 6) is 2.67. The highest BCUT2D eigenvalue weighted by molar-refractivity contribution is 5.71. The first-order valence-electron chi connectivity index (χ1n) is 8.98. The van der Waals surface area contributed by atoms with Crippen LogP contribution in [-0.4, -0.2) is 35.6 Å². The van der Waals surface area contributed by atoms with E-state index in [0.717, 1.165) is 37.4 Å². The quantitative estimate of drug-likeness (QED) is 0.864. The Labute approximate surface area is 128 Å². The zero-order valence-electron chi connectivity index (χ0n) is 13.3. The van der Waals surface area contributed by atoms with Crippen LogP contribution in [0.1, 0.15) is 51.9 Å². The molecule has 0 spiro atoms. The fourth-order valence-electron chi connectivity index (χ4n) is 6.56. The van der Waals surface area contributed by atoms with E-state index in [1.165, 1.54) is 44.9 Å². The molecule has 0 aromatic carbocycles. The van der Waals surface area contributed by atoms with Crippen LogP contribution in [0.15, 0.2) is 0 Å². The molecule has 3 heteroatoms. The summed E-state index contributed by atoms with van der Waals surface area (Å²) in [5.41, 5.74) is 0.638. The number of carboxylic acid groups (broad SMARTS) is 1. The van der Waals surface area contributed by atoms with Gasteiger partial charge in [-0.2, -0.15) is 0 Å². The first-order valence-corrected chi connectivity index (χ1v) is 8.98. The van der Waals surface area contributed by atoms with Crippen LogP contribution in [0.2, 0.25) is 0 Å². The average molecular weight is 291 g/mol. The van der Waals surface area contributed by atoms with Crippen molar-refractivity contribution in [2.45, 2.75) is 51.9 Å². The predicted octanol–water partition coefficient (Wildman–Crippen LogP) is 3.25. The second-order valence-electron chi connectivity index (χ2n) is 8.85. The van der Waals surface area contributed by atoms with Gasteiger partial charge >= 0.3 is 5.97 Å². The third kappa shape index (κ3) is 2.52. The summed E-state index contributed by atoms with van der Waals surface area (Å²) >= 11 is 0. The predicted molar refractivity (Wildman–Crippen MR) is 82.0 cm³/mol. The maximum atomic E-state index is 11.3. The van der Waals surface area contributed by atoms with Crippen LogP contribution in [-0.2, 0) is 4.79 Å². The van der Waals surface area contributed by atoms with Crippen molar-refractivity contribution < 1.29 is 9.90 Å². The zero-order chi connectivity index (χ0) is 14.6. The third-order valence-electron chi connectivity index (χ3n) is 7.13. The van der Waals surface area contributed by atoms with E-state index in [9.17, 15) is 9.90 Å². The molecule has 1 N–H and O–H groups in total. The maximum absolute atomic E-state index is 11.3. The lowest BCUT2D eigenvalue weighted by atomic mass is 9.49. The van der Waals surface area contributed by atoms with Gasteiger partial charge in [0.2, 0.25) is 0 Å². The Kier molecular flexibility index (Phi) is 3.33. The van der Waals surface area contributed by atoms with Gasteiger partial charge in [0.15, 0.2) is 0 Å². The van der Waals surface area contributed by atoms with Crippen LogP contribution in [0.25, 0.3) is 0 Å². The van der Waals surface area contributed by atoms with Crippen molar-refractivity contribution in [1.82, 2.24) is 4.90 Å². The highest BCUT2D eigenvalue weighted by atomic mass is 16.4. The van der Waals surface area contributed by atoms with E-state index in [0.29, 0.717) is 11.3 Å². The van der Waals surface area contributed by atoms with Crippen LogP contribution in [0.5, 0.6) is 0 Å². The molecule has 4 aliphatic carbocycles. The van der Waals surface area contributed by atoms with Gasteiger partial charge in [0.1, 0.15) is 0 Å². The Balaban J connectivity index is 1.36. The highest BCUT2D eigenvalue weighted by Crippen LogP contribution is 2.61. The molecule has 0 aromatic heterocycles. The van der Waals surface area contributed by atoms with Gasteiger partial charge in [0, 0.05) is 13.1 Å². The van der Waals surface area contributed by atoms with Gasteiger partial charge in [-0.15, -0.1) is 0 Å². The normalized spacial score (nSPS) is 48.9. The van der Waals surface area contributed by atoms with Gasteiger partial charge in [-0.25, -0.2) is 0 Å². The highest BCUT2D eigenvalue weighted by Gasteiger charge is 2.50. The van der Waals surface area contributed by atoms with Gasteiger partial charge in [0.05, 0.1) is 5.92 Å². The lowest BCUT2D eigenvalue weighted by molar-refractivity contribution is -0.142. The van der Waals surface area contributed by atoms with E-state index in [4.69, 9.17) is 0 Å². The Morgan fingerprint density at radius 2 is 1.67 bits per heavy atom. The van der Waals surface area contributed by atoms with Crippen molar-refractivity contribution >= 4 is 5.97 Å². The Morgan fingerprint density at radius 1 is 1.10 bits per heavy atom. The summed E-state index contributed by atoms with van der Waals surface area (Å²) in [6.45, 7) is 5.01. The summed E-state index contributed by atoms with van der Waals surface area (Å²) in [7, 11) is 0. The molecule has 1 heterocycles. The van der Waals surface area contributed by atoms with E-state index >= 15 is 0 Å². The molecule has 1 saturated heterocycles. The van der Waals surface area contributed by atoms with Crippen LogP contribution in [0.3, 0.4) is 0 Å². The first-order chi connectivity index (χ1) is 10.0. The molecule has 5 aliphatic rings. The topological polar surface area (TPSA) is 40.5 Å². The SMILES string of the molecule is CC1CN(CCC23CC4CC(CC(C4)C2)C3)CC1C(=O)O. The van der Waals surface area contributed by atoms with E-state index in [1.807, 2.05) is 0 Å². The minimum Gasteiger partial charge on any atom is -0.481 e. The van der Waals surface area contributed by atoms with Gasteiger partial charge in [-0.3, -0.25) is 4.79 Å². The fourth-order valence-corrected chi connectivity index (χ4v) is 6.56. The summed E-state index contributed by atoms with van der Waals surface area (Å²) in [5, 5.41) is 9.27. The molecule has 4 saturated carbocycles. The van der Waals surface area contributed by atoms with Gasteiger partial charge in [-0.05, 0) is 80.6 Å². The maximum Gasteiger partial charge on any atom is 0.308 e. The fraction of sp³-hybridized carbons (Fsp3) is 0.944. The smallest absolute Gasteiger partial charge is 0.308 e. The third-order valence-corrected chi connectivity index (χ3v) is 7.13. The van der Waals surface area contributed by atoms with E-state index in [2.05, 4.69) is 11.8 Å². The minimum atomic E-state index is -0.597. The van der Waals surface area contributed by atoms with Crippen LogP contribution in [0, 0.1) is 35.0 Å². The van der Waals surface area contributed by atoms with E-state index in [-0.39, 0.29) is 5.92 Å². The largest absolute Gasteiger partial charge is 0.481 e. The number of carbonyl (C=O) groups is 1. The summed E-state index contributed by atoms with van der Waals surface area (Å²) in [6.07, 6.45) is 10.3. The molecule has 2 atom stereocenters. The number of carboxylic acids is 1. The van der Waals surface area contributed by atoms with E-state index in [1.54, 1.807) is 0 Å². The molecule has 1 aliphatic heterocycles. The molecule has 5 rings (SSSR count). The molecular formula is C18H29NO2. The average Bonchev–Trinajstić information content (AvgIpc) is 2.76. The molecule has 21 heavy (non-hydrogen) atoms. The number of rotatable bonds is 4. The molecule has 3 nitrogen and oxygen atoms in total. The zero-order valence-corrected chi connectivity index (χ0v) is 13.3. The monoisotopic (exact) mass is 291 g/mol. The van der Waals surface area contributed by atoms with Crippen molar-refractivity contribution in [1.29, 1.82) is 0 Å². The van der Waals surface area contributed by atoms with Crippen LogP contribution in [0.4, 0.5) is 0 Å². The Hall–Kier alpha value is -0.570. The number of aliphatic carboxylic acids is 1. The molecule has 2 unspecified atom stereocenters. The molecule has 118 valence electrons. The second kappa shape index (κ2) is 4.97. The standard InChI is InChI=1S/C18H29NO2/c1-12-10-19(11-16(12)17(20)21)3-2-18-7-13-4-14(8-18)6-15(5-13)9-18/h12-16H,2-11H2,1H3,(H,20,21). The summed E-state index contributed by atoms with van der Waals surface area (Å²) in [4.78, 5) is 13.7. The number of hydrogen-bond acceptors (Lipinski definition) is 2. The van der Waals surface area contributed by atoms with Crippen LogP contribution >= 0.6 is 0 Å². The van der Waals surface area contributed by atoms with Crippen molar-refractivity contribution in [2.24, 2.45) is 35.0 Å². The minimum absolute atomic E-state index is 0.138. The second-order valence-corrected chi connectivity index (χ2v) is 8.85. The lowest BCUT2D eigenvalue weighted by Gasteiger charge is -2.57. The molecule has 0 aromatic rings. The van der Waals surface area contributed by atoms with Gasteiger partial charge in [-0.1, -0.05) is 6.92 Å². The molecule has 0 radical (unpaired) electrons. The number of likely N-dealkylation sites (tertiary alicyclic amines) is 1. The van der Waals surface area contributed by atoms with Crippen LogP contribution < -0.4 is 0 Å². The lowest BCUT2D eigenvalue weighted by Crippen LogP contribution is -2.47. The van der Waals surface area contributed by atoms with Crippen molar-refractivity contribution in [2.75, 3.05) is 19.6 Å². The Morgan fingerprint density at radius 3 is 2.14 bits per heavy atom. The van der Waals surface area contributed by atoms with Crippen molar-refractivity contribution in [3.63, 3.8) is 0 Å². The van der Waals surface area contributed by atoms with Crippen molar-refractivity contribution in [3.8, 4) is 0 Å². The molecular weight excluding hydrogens is 262 g/mol. The van der Waals surface area contributed by atoms with Crippen molar-refractivity contribution in [3.05, 3.63) is 0 Å². The summed E-state index contributed by atoms with van der Waals surface area (Å²) in [6, 6.07) is 0. The first kappa shape index (κ1) is 14.0. The van der Waals surface area contributed by atoms with Gasteiger partial charge < -0.3 is 10.0 Å². The molecule has 0 amide bonds.